The van der Waals surface area contributed by atoms with Gasteiger partial charge in [-0.25, -0.2) is 4.79 Å². The van der Waals surface area contributed by atoms with Crippen molar-refractivity contribution in [2.45, 2.75) is 6.61 Å². The molecule has 0 radical (unpaired) electrons. The number of alkyl halides is 2. The smallest absolute Gasteiger partial charge is 0.387 e. The molecule has 1 heterocycles. The van der Waals surface area contributed by atoms with Crippen LogP contribution in [-0.2, 0) is 0 Å². The number of aromatic hydroxyl groups is 1. The molecule has 2 aromatic carbocycles. The third kappa shape index (κ3) is 2.95. The highest BCUT2D eigenvalue weighted by Gasteiger charge is 2.15. The van der Waals surface area contributed by atoms with Crippen molar-refractivity contribution >= 4 is 16.9 Å². The molecule has 126 valence electrons. The Morgan fingerprint density at radius 2 is 2.00 bits per heavy atom. The Bertz CT molecular complexity index is 1020. The van der Waals surface area contributed by atoms with Crippen molar-refractivity contribution in [3.05, 3.63) is 53.7 Å². The summed E-state index contributed by atoms with van der Waals surface area (Å²) in [5.41, 5.74) is 0.891. The second-order valence-corrected chi connectivity index (χ2v) is 5.09. The SMILES string of the molecule is N#Cc1cn(-c2ccc(C(=O)O)c(O)c2)c2ccc(OC(F)F)cc12. The molecule has 6 nitrogen and oxygen atoms in total. The van der Waals surface area contributed by atoms with Gasteiger partial charge in [0.25, 0.3) is 0 Å². The summed E-state index contributed by atoms with van der Waals surface area (Å²) in [5.74, 6) is -1.78. The van der Waals surface area contributed by atoms with Crippen molar-refractivity contribution < 1.29 is 28.5 Å². The van der Waals surface area contributed by atoms with Gasteiger partial charge in [-0.1, -0.05) is 0 Å². The lowest BCUT2D eigenvalue weighted by atomic mass is 10.1. The minimum absolute atomic E-state index is 0.0826. The van der Waals surface area contributed by atoms with Crippen molar-refractivity contribution in [3.8, 4) is 23.3 Å². The second-order valence-electron chi connectivity index (χ2n) is 5.09. The third-order valence-corrected chi connectivity index (χ3v) is 3.61. The summed E-state index contributed by atoms with van der Waals surface area (Å²) < 4.78 is 30.6. The van der Waals surface area contributed by atoms with Gasteiger partial charge in [0.2, 0.25) is 0 Å². The molecule has 0 atom stereocenters. The Balaban J connectivity index is 2.16. The molecule has 2 N–H and O–H groups in total. The number of hydrogen-bond donors (Lipinski definition) is 2. The number of nitriles is 1. The van der Waals surface area contributed by atoms with E-state index in [1.165, 1.54) is 42.6 Å². The molecule has 25 heavy (non-hydrogen) atoms. The number of rotatable bonds is 4. The Labute approximate surface area is 139 Å². The van der Waals surface area contributed by atoms with Crippen LogP contribution in [0.1, 0.15) is 15.9 Å². The zero-order valence-corrected chi connectivity index (χ0v) is 12.5. The van der Waals surface area contributed by atoms with Crippen LogP contribution in [0, 0.1) is 11.3 Å². The lowest BCUT2D eigenvalue weighted by molar-refractivity contribution is -0.0497. The van der Waals surface area contributed by atoms with Crippen LogP contribution >= 0.6 is 0 Å². The van der Waals surface area contributed by atoms with E-state index >= 15 is 0 Å². The fraction of sp³-hybridized carbons (Fsp3) is 0.0588. The van der Waals surface area contributed by atoms with E-state index in [0.29, 0.717) is 16.6 Å². The molecule has 0 aliphatic rings. The van der Waals surface area contributed by atoms with Gasteiger partial charge in [-0.3, -0.25) is 0 Å². The Kier molecular flexibility index (Phi) is 3.99. The highest BCUT2D eigenvalue weighted by atomic mass is 19.3. The van der Waals surface area contributed by atoms with E-state index in [1.54, 1.807) is 4.57 Å². The summed E-state index contributed by atoms with van der Waals surface area (Å²) in [7, 11) is 0. The van der Waals surface area contributed by atoms with Crippen LogP contribution < -0.4 is 4.74 Å². The van der Waals surface area contributed by atoms with Crippen LogP contribution in [0.25, 0.3) is 16.6 Å². The average Bonchev–Trinajstić information content (AvgIpc) is 2.91. The second kappa shape index (κ2) is 6.13. The average molecular weight is 344 g/mol. The molecular weight excluding hydrogens is 334 g/mol. The van der Waals surface area contributed by atoms with Gasteiger partial charge in [0.05, 0.1) is 11.1 Å². The van der Waals surface area contributed by atoms with Gasteiger partial charge in [0.1, 0.15) is 23.1 Å². The molecule has 3 rings (SSSR count). The predicted octanol–water partition coefficient (Wildman–Crippen LogP) is 3.51. The molecule has 0 aliphatic carbocycles. The van der Waals surface area contributed by atoms with Crippen LogP contribution in [-0.4, -0.2) is 27.4 Å². The molecule has 0 saturated heterocycles. The van der Waals surface area contributed by atoms with Crippen molar-refractivity contribution in [1.82, 2.24) is 4.57 Å². The van der Waals surface area contributed by atoms with E-state index in [9.17, 15) is 23.9 Å². The maximum atomic E-state index is 12.4. The Morgan fingerprint density at radius 3 is 2.60 bits per heavy atom. The number of nitrogens with zero attached hydrogens (tertiary/aromatic N) is 2. The number of phenols is 1. The summed E-state index contributed by atoms with van der Waals surface area (Å²) in [6.07, 6.45) is 1.46. The number of carboxylic acids is 1. The number of fused-ring (bicyclic) bond motifs is 1. The molecule has 1 aromatic heterocycles. The molecule has 0 aliphatic heterocycles. The molecule has 3 aromatic rings. The summed E-state index contributed by atoms with van der Waals surface area (Å²) in [6.45, 7) is -2.98. The molecule has 0 bridgehead atoms. The van der Waals surface area contributed by atoms with Crippen LogP contribution in [0.4, 0.5) is 8.78 Å². The summed E-state index contributed by atoms with van der Waals surface area (Å²) >= 11 is 0. The maximum absolute atomic E-state index is 12.4. The molecule has 0 spiro atoms. The Hall–Kier alpha value is -3.60. The number of carboxylic acid groups (broad SMARTS) is 1. The largest absolute Gasteiger partial charge is 0.507 e. The first-order valence-corrected chi connectivity index (χ1v) is 6.97. The predicted molar refractivity (Wildman–Crippen MR) is 83.2 cm³/mol. The first-order chi connectivity index (χ1) is 11.9. The topological polar surface area (TPSA) is 95.5 Å². The van der Waals surface area contributed by atoms with E-state index < -0.39 is 18.3 Å². The van der Waals surface area contributed by atoms with E-state index in [2.05, 4.69) is 4.74 Å². The van der Waals surface area contributed by atoms with E-state index in [-0.39, 0.29) is 16.9 Å². The van der Waals surface area contributed by atoms with Gasteiger partial charge in [-0.15, -0.1) is 0 Å². The van der Waals surface area contributed by atoms with E-state index in [1.807, 2.05) is 6.07 Å². The van der Waals surface area contributed by atoms with Crippen LogP contribution in [0.3, 0.4) is 0 Å². The maximum Gasteiger partial charge on any atom is 0.387 e. The zero-order valence-electron chi connectivity index (χ0n) is 12.5. The number of halogens is 2. The first kappa shape index (κ1) is 16.3. The van der Waals surface area contributed by atoms with Crippen molar-refractivity contribution in [2.24, 2.45) is 0 Å². The van der Waals surface area contributed by atoms with Gasteiger partial charge in [-0.2, -0.15) is 14.0 Å². The fourth-order valence-electron chi connectivity index (χ4n) is 2.54. The Morgan fingerprint density at radius 1 is 1.24 bits per heavy atom. The summed E-state index contributed by atoms with van der Waals surface area (Å²) in [4.78, 5) is 11.0. The van der Waals surface area contributed by atoms with Crippen molar-refractivity contribution in [3.63, 3.8) is 0 Å². The fourth-order valence-corrected chi connectivity index (χ4v) is 2.54. The minimum atomic E-state index is -2.98. The highest BCUT2D eigenvalue weighted by Crippen LogP contribution is 2.30. The molecule has 0 unspecified atom stereocenters. The summed E-state index contributed by atoms with van der Waals surface area (Å²) in [6, 6.07) is 10.1. The number of carbonyl (C=O) groups is 1. The number of aromatic nitrogens is 1. The first-order valence-electron chi connectivity index (χ1n) is 6.97. The number of ether oxygens (including phenoxy) is 1. The number of hydrogen-bond acceptors (Lipinski definition) is 4. The van der Waals surface area contributed by atoms with Crippen LogP contribution in [0.2, 0.25) is 0 Å². The monoisotopic (exact) mass is 344 g/mol. The molecule has 0 fully saturated rings. The summed E-state index contributed by atoms with van der Waals surface area (Å²) in [5, 5.41) is 28.5. The number of aromatic carboxylic acids is 1. The van der Waals surface area contributed by atoms with Gasteiger partial charge in [0, 0.05) is 23.3 Å². The van der Waals surface area contributed by atoms with Gasteiger partial charge < -0.3 is 19.5 Å². The lowest BCUT2D eigenvalue weighted by Crippen LogP contribution is -2.01. The zero-order chi connectivity index (χ0) is 18.1. The normalized spacial score (nSPS) is 10.8. The standard InChI is InChI=1S/C17H10F2N2O4/c18-17(19)25-11-2-4-14-13(6-11)9(7-20)8-21(14)10-1-3-12(16(23)24)15(22)5-10/h1-6,8,17,22H,(H,23,24). The quantitative estimate of drug-likeness (QED) is 0.755. The van der Waals surface area contributed by atoms with Crippen LogP contribution in [0.5, 0.6) is 11.5 Å². The highest BCUT2D eigenvalue weighted by molar-refractivity contribution is 5.92. The van der Waals surface area contributed by atoms with Gasteiger partial charge in [0.15, 0.2) is 0 Å². The molecule has 8 heteroatoms. The van der Waals surface area contributed by atoms with Crippen LogP contribution in [0.15, 0.2) is 42.6 Å². The molecule has 0 amide bonds. The number of benzene rings is 2. The van der Waals surface area contributed by atoms with Gasteiger partial charge >= 0.3 is 12.6 Å². The molecule has 0 saturated carbocycles. The van der Waals surface area contributed by atoms with E-state index in [0.717, 1.165) is 0 Å². The lowest BCUT2D eigenvalue weighted by Gasteiger charge is -2.08. The molecular formula is C17H10F2N2O4. The van der Waals surface area contributed by atoms with Crippen molar-refractivity contribution in [1.29, 1.82) is 5.26 Å². The van der Waals surface area contributed by atoms with Gasteiger partial charge in [-0.05, 0) is 30.3 Å². The third-order valence-electron chi connectivity index (χ3n) is 3.61. The minimum Gasteiger partial charge on any atom is -0.507 e. The van der Waals surface area contributed by atoms with E-state index in [4.69, 9.17) is 5.11 Å². The van der Waals surface area contributed by atoms with Crippen molar-refractivity contribution in [2.75, 3.05) is 0 Å².